The number of hydrogen-bond acceptors (Lipinski definition) is 21. The van der Waals surface area contributed by atoms with Gasteiger partial charge in [0.15, 0.2) is 6.23 Å². The van der Waals surface area contributed by atoms with Gasteiger partial charge in [-0.15, -0.1) is 0 Å². The van der Waals surface area contributed by atoms with E-state index in [0.717, 1.165) is 106 Å². The van der Waals surface area contributed by atoms with Crippen LogP contribution in [-0.4, -0.2) is 180 Å². The Morgan fingerprint density at radius 2 is 1.08 bits per heavy atom. The second kappa shape index (κ2) is 28.2. The SMILES string of the molecule is O=c1[nH]ncc(N2CC[C@@H](Oc3cc(N4CCN(S(=O)(=O)NC5CC5)CC4)ccn3)C2)c1Cl.O=c1[nH]ncc(N2CC[C@@H](Oc3cc(N4CCNCC4)ccn3)C2)c1Cl.O=c1c(Cl)c(N2CC[C@@H](Oc3cc(Br)ccn3)C2)cnn1C1CCCCO1. The molecule has 31 heteroatoms. The van der Waals surface area contributed by atoms with Crippen LogP contribution in [0.5, 0.6) is 17.6 Å². The standard InChI is InChI=1S/C20H26ClN7O4S.C18H20BrClN4O3.C17H21ClN6O2/c21-19-17(12-23-24-20(19)29)27-6-4-16(13-27)32-18-11-15(3-5-22-18)26-7-9-28(10-8-26)33(30,31)25-14-1-2-14;19-12-4-6-21-15(9-12)27-13-5-7-23(11-13)14-10-22-24(18(25)17(14)20)16-3-1-2-8-26-16;18-16-14(10-21-22-17(16)25)24-6-2-13(11-24)26-15-9-12(1-3-20-15)23-7-4-19-5-8-23/h3,5,11-12,14,16,25H,1-2,4,6-10,13H2,(H,24,29);4,6,9-10,13,16H,1-3,5,7-8,11H2;1,3,9-10,13,19H,2,4-8,11H2,(H,22,25)/t16-;13-,16?;13-/m111/s1. The molecule has 0 aromatic carbocycles. The Kier molecular flexibility index (Phi) is 20.1. The minimum absolute atomic E-state index is 0.00359. The molecule has 1 aliphatic carbocycles. The molecule has 7 aliphatic rings. The molecular weight excluding hydrogens is 1260 g/mol. The van der Waals surface area contributed by atoms with E-state index in [1.807, 2.05) is 51.1 Å². The molecule has 4 atom stereocenters. The van der Waals surface area contributed by atoms with Crippen LogP contribution in [0.1, 0.15) is 57.6 Å². The summed E-state index contributed by atoms with van der Waals surface area (Å²) in [5, 5.41) is 20.5. The van der Waals surface area contributed by atoms with Crippen LogP contribution in [0.25, 0.3) is 0 Å². The third-order valence-corrected chi connectivity index (χ3v) is 18.9. The van der Waals surface area contributed by atoms with Crippen LogP contribution in [-0.2, 0) is 14.9 Å². The molecule has 1 unspecified atom stereocenters. The molecule has 13 rings (SSSR count). The Labute approximate surface area is 519 Å². The van der Waals surface area contributed by atoms with E-state index in [9.17, 15) is 22.8 Å². The fraction of sp³-hybridized carbons (Fsp3) is 0.509. The van der Waals surface area contributed by atoms with Crippen molar-refractivity contribution in [2.75, 3.05) is 123 Å². The van der Waals surface area contributed by atoms with Crippen molar-refractivity contribution >= 4 is 89.4 Å². The number of rotatable bonds is 15. The minimum Gasteiger partial charge on any atom is -0.472 e. The van der Waals surface area contributed by atoms with Crippen molar-refractivity contribution in [3.05, 3.63) is 124 Å². The van der Waals surface area contributed by atoms with Gasteiger partial charge in [-0.2, -0.15) is 37.4 Å². The fourth-order valence-corrected chi connectivity index (χ4v) is 13.4. The summed E-state index contributed by atoms with van der Waals surface area (Å²) in [5.74, 6) is 1.72. The first-order valence-corrected chi connectivity index (χ1v) is 32.2. The molecular formula is C55H67BrCl3N17O9S. The predicted molar refractivity (Wildman–Crippen MR) is 330 cm³/mol. The molecule has 6 aliphatic heterocycles. The Hall–Kier alpha value is -6.37. The van der Waals surface area contributed by atoms with E-state index in [0.29, 0.717) is 93.7 Å². The van der Waals surface area contributed by atoms with Crippen LogP contribution in [0.2, 0.25) is 15.1 Å². The van der Waals surface area contributed by atoms with Gasteiger partial charge in [0.2, 0.25) is 17.6 Å². The molecule has 4 N–H and O–H groups in total. The second-order valence-electron chi connectivity index (χ2n) is 21.7. The molecule has 6 aromatic rings. The Morgan fingerprint density at radius 3 is 1.58 bits per heavy atom. The maximum absolute atomic E-state index is 12.7. The topological polar surface area (TPSA) is 280 Å². The number of aromatic nitrogens is 9. The third-order valence-electron chi connectivity index (χ3n) is 15.7. The molecule has 86 heavy (non-hydrogen) atoms. The number of nitrogens with one attached hydrogen (secondary N) is 4. The number of halogens is 4. The van der Waals surface area contributed by atoms with E-state index < -0.39 is 15.8 Å². The van der Waals surface area contributed by atoms with E-state index in [-0.39, 0.29) is 56.8 Å². The zero-order valence-corrected chi connectivity index (χ0v) is 51.7. The number of hydrogen-bond donors (Lipinski definition) is 4. The summed E-state index contributed by atoms with van der Waals surface area (Å²) in [5.41, 5.74) is 2.86. The third kappa shape index (κ3) is 15.5. The highest BCUT2D eigenvalue weighted by atomic mass is 79.9. The maximum Gasteiger partial charge on any atom is 0.290 e. The Balaban J connectivity index is 0.000000135. The molecule has 12 heterocycles. The molecule has 6 aromatic heterocycles. The number of ether oxygens (including phenoxy) is 4. The molecule has 1 saturated carbocycles. The molecule has 6 saturated heterocycles. The zero-order chi connectivity index (χ0) is 59.7. The van der Waals surface area contributed by atoms with Crippen molar-refractivity contribution in [2.45, 2.75) is 81.9 Å². The molecule has 460 valence electrons. The molecule has 26 nitrogen and oxygen atoms in total. The maximum atomic E-state index is 12.7. The highest BCUT2D eigenvalue weighted by Gasteiger charge is 2.34. The monoisotopic (exact) mass is 1330 g/mol. The summed E-state index contributed by atoms with van der Waals surface area (Å²) >= 11 is 22.0. The lowest BCUT2D eigenvalue weighted by Crippen LogP contribution is -2.52. The highest BCUT2D eigenvalue weighted by Crippen LogP contribution is 2.32. The number of H-pyrrole nitrogens is 2. The lowest BCUT2D eigenvalue weighted by Gasteiger charge is -2.35. The predicted octanol–water partition coefficient (Wildman–Crippen LogP) is 4.89. The Morgan fingerprint density at radius 1 is 0.581 bits per heavy atom. The van der Waals surface area contributed by atoms with Crippen LogP contribution >= 0.6 is 50.7 Å². The van der Waals surface area contributed by atoms with Gasteiger partial charge in [0, 0.05) is 157 Å². The first kappa shape index (κ1) is 61.3. The van der Waals surface area contributed by atoms with Gasteiger partial charge in [-0.05, 0) is 50.3 Å². The molecule has 0 spiro atoms. The summed E-state index contributed by atoms with van der Waals surface area (Å²) in [6, 6.07) is 11.6. The van der Waals surface area contributed by atoms with Crippen molar-refractivity contribution in [3.8, 4) is 17.6 Å². The largest absolute Gasteiger partial charge is 0.472 e. The smallest absolute Gasteiger partial charge is 0.290 e. The summed E-state index contributed by atoms with van der Waals surface area (Å²) in [6.45, 7) is 10.7. The summed E-state index contributed by atoms with van der Waals surface area (Å²) in [7, 11) is -3.40. The molecule has 0 radical (unpaired) electrons. The first-order chi connectivity index (χ1) is 41.7. The average Bonchev–Trinajstić information content (AvgIpc) is 2.62. The van der Waals surface area contributed by atoms with Crippen molar-refractivity contribution in [1.82, 2.24) is 59.5 Å². The summed E-state index contributed by atoms with van der Waals surface area (Å²) in [6.07, 6.45) is 16.6. The molecule has 7 fully saturated rings. The fourth-order valence-electron chi connectivity index (χ4n) is 11.0. The number of piperazine rings is 2. The van der Waals surface area contributed by atoms with Gasteiger partial charge in [-0.1, -0.05) is 50.7 Å². The van der Waals surface area contributed by atoms with Gasteiger partial charge >= 0.3 is 0 Å². The minimum atomic E-state index is -3.40. The summed E-state index contributed by atoms with van der Waals surface area (Å²) < 4.78 is 55.2. The van der Waals surface area contributed by atoms with Gasteiger partial charge < -0.3 is 48.8 Å². The van der Waals surface area contributed by atoms with Gasteiger partial charge in [0.25, 0.3) is 26.9 Å². The zero-order valence-electron chi connectivity index (χ0n) is 47.0. The summed E-state index contributed by atoms with van der Waals surface area (Å²) in [4.78, 5) is 59.4. The average molecular weight is 1330 g/mol. The van der Waals surface area contributed by atoms with Crippen LogP contribution < -0.4 is 65.4 Å². The van der Waals surface area contributed by atoms with E-state index >= 15 is 0 Å². The second-order valence-corrected chi connectivity index (χ2v) is 25.4. The lowest BCUT2D eigenvalue weighted by molar-refractivity contribution is -0.0424. The van der Waals surface area contributed by atoms with Gasteiger partial charge in [0.05, 0.1) is 55.3 Å². The van der Waals surface area contributed by atoms with Crippen molar-refractivity contribution in [2.24, 2.45) is 0 Å². The van der Waals surface area contributed by atoms with Crippen LogP contribution in [0.3, 0.4) is 0 Å². The van der Waals surface area contributed by atoms with Crippen molar-refractivity contribution < 1.29 is 27.4 Å². The molecule has 0 amide bonds. The van der Waals surface area contributed by atoms with Crippen LogP contribution in [0.15, 0.2) is 92.4 Å². The normalized spacial score (nSPS) is 21.8. The number of aromatic amines is 2. The first-order valence-electron chi connectivity index (χ1n) is 28.8. The highest BCUT2D eigenvalue weighted by molar-refractivity contribution is 9.10. The van der Waals surface area contributed by atoms with E-state index in [1.54, 1.807) is 37.2 Å². The van der Waals surface area contributed by atoms with E-state index in [1.165, 1.54) is 8.99 Å². The van der Waals surface area contributed by atoms with Crippen molar-refractivity contribution in [1.29, 1.82) is 0 Å². The van der Waals surface area contributed by atoms with Crippen molar-refractivity contribution in [3.63, 3.8) is 0 Å². The lowest BCUT2D eigenvalue weighted by atomic mass is 10.2. The quantitative estimate of drug-likeness (QED) is 0.106. The van der Waals surface area contributed by atoms with Crippen LogP contribution in [0.4, 0.5) is 28.4 Å². The Bertz CT molecular complexity index is 3590. The number of anilines is 5. The van der Waals surface area contributed by atoms with Gasteiger partial charge in [0.1, 0.15) is 33.4 Å². The number of pyridine rings is 3. The van der Waals surface area contributed by atoms with Crippen LogP contribution in [0, 0.1) is 0 Å². The van der Waals surface area contributed by atoms with Gasteiger partial charge in [-0.3, -0.25) is 14.4 Å². The van der Waals surface area contributed by atoms with E-state index in [2.05, 4.69) is 76.2 Å². The number of nitrogens with zero attached hydrogens (tertiary/aromatic N) is 13. The van der Waals surface area contributed by atoms with Gasteiger partial charge in [-0.25, -0.2) is 25.1 Å². The molecule has 0 bridgehead atoms. The van der Waals surface area contributed by atoms with E-state index in [4.69, 9.17) is 53.8 Å².